The third-order valence-corrected chi connectivity index (χ3v) is 5.84. The second-order valence-corrected chi connectivity index (χ2v) is 7.53. The van der Waals surface area contributed by atoms with Crippen LogP contribution in [0.5, 0.6) is 0 Å². The van der Waals surface area contributed by atoms with Crippen LogP contribution in [0.15, 0.2) is 109 Å². The van der Waals surface area contributed by atoms with E-state index in [9.17, 15) is 0 Å². The summed E-state index contributed by atoms with van der Waals surface area (Å²) in [6.07, 6.45) is 3.61. The van der Waals surface area contributed by atoms with Crippen molar-refractivity contribution in [2.24, 2.45) is 0 Å². The topological polar surface area (TPSA) is 25.8 Å². The number of hydrogen-bond donors (Lipinski definition) is 0. The fraction of sp³-hybridized carbons (Fsp3) is 0. The molecule has 0 amide bonds. The van der Waals surface area contributed by atoms with E-state index >= 15 is 0 Å². The quantitative estimate of drug-likeness (QED) is 0.294. The Balaban J connectivity index is 1.79. The predicted molar refractivity (Wildman–Crippen MR) is 125 cm³/mol. The van der Waals surface area contributed by atoms with Crippen LogP contribution in [0.4, 0.5) is 0 Å². The summed E-state index contributed by atoms with van der Waals surface area (Å²) in [5.41, 5.74) is 4.81. The van der Waals surface area contributed by atoms with Crippen LogP contribution in [0.1, 0.15) is 0 Å². The zero-order valence-electron chi connectivity index (χ0n) is 16.3. The van der Waals surface area contributed by atoms with Crippen LogP contribution in [0.25, 0.3) is 54.6 Å². The summed E-state index contributed by atoms with van der Waals surface area (Å²) in [7, 11) is 0. The second-order valence-electron chi connectivity index (χ2n) is 7.53. The van der Waals surface area contributed by atoms with Gasteiger partial charge in [0.25, 0.3) is 0 Å². The average Bonchev–Trinajstić information content (AvgIpc) is 2.82. The molecule has 0 aliphatic carbocycles. The molecule has 0 aliphatic rings. The van der Waals surface area contributed by atoms with E-state index < -0.39 is 0 Å². The van der Waals surface area contributed by atoms with Crippen LogP contribution in [-0.2, 0) is 0 Å². The zero-order valence-corrected chi connectivity index (χ0v) is 16.3. The third-order valence-electron chi connectivity index (χ3n) is 5.84. The van der Waals surface area contributed by atoms with E-state index in [2.05, 4.69) is 101 Å². The maximum Gasteiger partial charge on any atom is 0.0575 e. The van der Waals surface area contributed by atoms with E-state index in [1.807, 2.05) is 12.3 Å². The molecule has 0 radical (unpaired) electrons. The lowest BCUT2D eigenvalue weighted by molar-refractivity contribution is 1.03. The fourth-order valence-electron chi connectivity index (χ4n) is 4.53. The highest BCUT2D eigenvalue weighted by molar-refractivity contribution is 6.21. The minimum Gasteiger partial charge on any atom is -0.159 e. The first-order chi connectivity index (χ1) is 14.9. The van der Waals surface area contributed by atoms with Crippen molar-refractivity contribution in [1.82, 2.24) is 10.2 Å². The molecule has 0 spiro atoms. The summed E-state index contributed by atoms with van der Waals surface area (Å²) < 4.78 is 0. The van der Waals surface area contributed by atoms with E-state index in [4.69, 9.17) is 0 Å². The first kappa shape index (κ1) is 16.9. The minimum absolute atomic E-state index is 1.09. The van der Waals surface area contributed by atoms with Crippen molar-refractivity contribution in [3.63, 3.8) is 0 Å². The fourth-order valence-corrected chi connectivity index (χ4v) is 4.53. The molecule has 0 atom stereocenters. The summed E-state index contributed by atoms with van der Waals surface area (Å²) in [5, 5.41) is 15.6. The van der Waals surface area contributed by atoms with Gasteiger partial charge in [0.05, 0.1) is 12.4 Å². The number of rotatable bonds is 2. The first-order valence-electron chi connectivity index (χ1n) is 10.1. The molecule has 0 bridgehead atoms. The molecule has 1 heterocycles. The Kier molecular flexibility index (Phi) is 3.82. The Hall–Kier alpha value is -4.04. The maximum atomic E-state index is 4.14. The summed E-state index contributed by atoms with van der Waals surface area (Å²) in [4.78, 5) is 0. The highest BCUT2D eigenvalue weighted by Crippen LogP contribution is 2.43. The van der Waals surface area contributed by atoms with Gasteiger partial charge in [-0.1, -0.05) is 84.9 Å². The second kappa shape index (κ2) is 6.78. The van der Waals surface area contributed by atoms with Gasteiger partial charge in [-0.05, 0) is 61.1 Å². The Labute approximate surface area is 174 Å². The molecule has 0 saturated heterocycles. The molecule has 140 valence electrons. The van der Waals surface area contributed by atoms with Crippen LogP contribution in [-0.4, -0.2) is 10.2 Å². The SMILES string of the molecule is c1ccc2cc(-c3c4ccccc4c(-c4ccnnc4)c4ccccc34)ccc2c1. The smallest absolute Gasteiger partial charge is 0.0575 e. The van der Waals surface area contributed by atoms with E-state index in [0.29, 0.717) is 0 Å². The van der Waals surface area contributed by atoms with Crippen molar-refractivity contribution in [2.45, 2.75) is 0 Å². The molecule has 0 unspecified atom stereocenters. The van der Waals surface area contributed by atoms with Gasteiger partial charge < -0.3 is 0 Å². The van der Waals surface area contributed by atoms with Gasteiger partial charge in [0.15, 0.2) is 0 Å². The maximum absolute atomic E-state index is 4.14. The Morgan fingerprint density at radius 3 is 1.60 bits per heavy atom. The standard InChI is InChI=1S/C28H18N2/c1-2-8-20-17-21(14-13-19(20)7-1)27-23-9-3-5-11-25(23)28(22-15-16-29-30-18-22)26-12-6-4-10-24(26)27/h1-18H. The molecule has 0 N–H and O–H groups in total. The van der Waals surface area contributed by atoms with Gasteiger partial charge in [0.2, 0.25) is 0 Å². The molecule has 5 aromatic carbocycles. The van der Waals surface area contributed by atoms with Crippen molar-refractivity contribution in [2.75, 3.05) is 0 Å². The number of fused-ring (bicyclic) bond motifs is 3. The molecule has 0 fully saturated rings. The van der Waals surface area contributed by atoms with Crippen molar-refractivity contribution in [3.05, 3.63) is 109 Å². The van der Waals surface area contributed by atoms with Gasteiger partial charge in [0, 0.05) is 5.56 Å². The third kappa shape index (κ3) is 2.58. The first-order valence-corrected chi connectivity index (χ1v) is 10.1. The summed E-state index contributed by atoms with van der Waals surface area (Å²) in [5.74, 6) is 0. The highest BCUT2D eigenvalue weighted by atomic mass is 15.1. The van der Waals surface area contributed by atoms with Crippen LogP contribution in [0.2, 0.25) is 0 Å². The monoisotopic (exact) mass is 382 g/mol. The summed E-state index contributed by atoms with van der Waals surface area (Å²) in [6.45, 7) is 0. The lowest BCUT2D eigenvalue weighted by Crippen LogP contribution is -1.91. The largest absolute Gasteiger partial charge is 0.159 e. The van der Waals surface area contributed by atoms with E-state index in [1.165, 1.54) is 49.0 Å². The molecule has 0 aliphatic heterocycles. The molecule has 2 nitrogen and oxygen atoms in total. The van der Waals surface area contributed by atoms with Gasteiger partial charge in [0.1, 0.15) is 0 Å². The summed E-state index contributed by atoms with van der Waals surface area (Å²) >= 11 is 0. The number of aromatic nitrogens is 2. The zero-order chi connectivity index (χ0) is 19.9. The van der Waals surface area contributed by atoms with Gasteiger partial charge in [-0.3, -0.25) is 0 Å². The predicted octanol–water partition coefficient (Wildman–Crippen LogP) is 7.27. The lowest BCUT2D eigenvalue weighted by Gasteiger charge is -2.17. The van der Waals surface area contributed by atoms with E-state index in [1.54, 1.807) is 6.20 Å². The molecule has 6 rings (SSSR count). The molecular weight excluding hydrogens is 364 g/mol. The molecule has 0 saturated carbocycles. The van der Waals surface area contributed by atoms with E-state index in [-0.39, 0.29) is 0 Å². The van der Waals surface area contributed by atoms with Gasteiger partial charge in [-0.2, -0.15) is 10.2 Å². The average molecular weight is 382 g/mol. The molecular formula is C28H18N2. The molecule has 2 heteroatoms. The Bertz CT molecular complexity index is 1480. The molecule has 6 aromatic rings. The minimum atomic E-state index is 1.09. The number of nitrogens with zero attached hydrogens (tertiary/aromatic N) is 2. The van der Waals surface area contributed by atoms with Crippen LogP contribution < -0.4 is 0 Å². The van der Waals surface area contributed by atoms with Crippen molar-refractivity contribution in [1.29, 1.82) is 0 Å². The van der Waals surface area contributed by atoms with Gasteiger partial charge in [-0.15, -0.1) is 0 Å². The summed E-state index contributed by atoms with van der Waals surface area (Å²) in [6, 6.07) is 34.7. The van der Waals surface area contributed by atoms with Crippen molar-refractivity contribution < 1.29 is 0 Å². The van der Waals surface area contributed by atoms with Gasteiger partial charge >= 0.3 is 0 Å². The van der Waals surface area contributed by atoms with Gasteiger partial charge in [-0.25, -0.2) is 0 Å². The highest BCUT2D eigenvalue weighted by Gasteiger charge is 2.16. The van der Waals surface area contributed by atoms with Crippen LogP contribution in [0, 0.1) is 0 Å². The normalized spacial score (nSPS) is 11.3. The van der Waals surface area contributed by atoms with Crippen molar-refractivity contribution in [3.8, 4) is 22.3 Å². The van der Waals surface area contributed by atoms with Crippen molar-refractivity contribution >= 4 is 32.3 Å². The molecule has 30 heavy (non-hydrogen) atoms. The Morgan fingerprint density at radius 1 is 0.433 bits per heavy atom. The van der Waals surface area contributed by atoms with E-state index in [0.717, 1.165) is 5.56 Å². The number of benzene rings is 5. The van der Waals surface area contributed by atoms with Crippen LogP contribution >= 0.6 is 0 Å². The number of hydrogen-bond acceptors (Lipinski definition) is 2. The molecule has 1 aromatic heterocycles. The van der Waals surface area contributed by atoms with Crippen LogP contribution in [0.3, 0.4) is 0 Å². The lowest BCUT2D eigenvalue weighted by atomic mass is 9.86. The Morgan fingerprint density at radius 2 is 1.00 bits per heavy atom.